The van der Waals surface area contributed by atoms with Crippen molar-refractivity contribution in [3.8, 4) is 11.5 Å². The average Bonchev–Trinajstić information content (AvgIpc) is 3.05. The molecule has 0 aliphatic carbocycles. The highest BCUT2D eigenvalue weighted by molar-refractivity contribution is 6.35. The first-order valence-electron chi connectivity index (χ1n) is 7.82. The van der Waals surface area contributed by atoms with Crippen molar-refractivity contribution in [2.24, 2.45) is 0 Å². The number of benzene rings is 3. The topological polar surface area (TPSA) is 55.1 Å². The highest BCUT2D eigenvalue weighted by atomic mass is 35.5. The molecule has 1 heterocycles. The van der Waals surface area contributed by atoms with Crippen molar-refractivity contribution in [2.45, 2.75) is 0 Å². The molecule has 128 valence electrons. The molecule has 0 spiro atoms. The largest absolute Gasteiger partial charge is 0.436 e. The van der Waals surface area contributed by atoms with Crippen molar-refractivity contribution in [3.05, 3.63) is 82.3 Å². The Kier molecular flexibility index (Phi) is 4.37. The fourth-order valence-electron chi connectivity index (χ4n) is 2.65. The second-order valence-electron chi connectivity index (χ2n) is 5.64. The molecule has 0 aliphatic heterocycles. The maximum Gasteiger partial charge on any atom is 0.255 e. The summed E-state index contributed by atoms with van der Waals surface area (Å²) in [5, 5.41) is 3.66. The lowest BCUT2D eigenvalue weighted by Crippen LogP contribution is -2.12. The van der Waals surface area contributed by atoms with Gasteiger partial charge in [-0.25, -0.2) is 4.98 Å². The number of carbonyl (C=O) groups is 1. The molecule has 6 heteroatoms. The second kappa shape index (κ2) is 6.83. The highest BCUT2D eigenvalue weighted by Gasteiger charge is 2.15. The molecule has 4 rings (SSSR count). The number of carbonyl (C=O) groups excluding carboxylic acids is 1. The average molecular weight is 383 g/mol. The molecule has 0 atom stereocenters. The first kappa shape index (κ1) is 16.6. The highest BCUT2D eigenvalue weighted by Crippen LogP contribution is 2.30. The van der Waals surface area contributed by atoms with Gasteiger partial charge < -0.3 is 9.73 Å². The number of halogens is 2. The Labute approximate surface area is 159 Å². The van der Waals surface area contributed by atoms with Crippen LogP contribution in [0.5, 0.6) is 0 Å². The number of aromatic nitrogens is 1. The molecule has 4 aromatic rings. The maximum atomic E-state index is 12.6. The van der Waals surface area contributed by atoms with E-state index in [-0.39, 0.29) is 5.91 Å². The van der Waals surface area contributed by atoms with Gasteiger partial charge in [0.25, 0.3) is 5.91 Å². The van der Waals surface area contributed by atoms with E-state index < -0.39 is 0 Å². The third kappa shape index (κ3) is 3.29. The van der Waals surface area contributed by atoms with Crippen LogP contribution in [0.15, 0.2) is 71.1 Å². The van der Waals surface area contributed by atoms with Crippen molar-refractivity contribution >= 4 is 45.9 Å². The Bertz CT molecular complexity index is 1070. The van der Waals surface area contributed by atoms with Gasteiger partial charge in [0, 0.05) is 15.6 Å². The molecular formula is C20H12Cl2N2O2. The first-order chi connectivity index (χ1) is 12.6. The number of hydrogen-bond acceptors (Lipinski definition) is 3. The van der Waals surface area contributed by atoms with Gasteiger partial charge >= 0.3 is 0 Å². The Morgan fingerprint density at radius 1 is 0.923 bits per heavy atom. The number of para-hydroxylation sites is 3. The van der Waals surface area contributed by atoms with Gasteiger partial charge in [-0.3, -0.25) is 4.79 Å². The second-order valence-corrected chi connectivity index (χ2v) is 6.52. The molecule has 3 aromatic carbocycles. The number of fused-ring (bicyclic) bond motifs is 1. The fraction of sp³-hybridized carbons (Fsp3) is 0. The lowest BCUT2D eigenvalue weighted by Gasteiger charge is -2.09. The van der Waals surface area contributed by atoms with E-state index in [1.54, 1.807) is 24.3 Å². The molecule has 0 aliphatic rings. The van der Waals surface area contributed by atoms with Crippen molar-refractivity contribution < 1.29 is 9.21 Å². The predicted octanol–water partition coefficient (Wildman–Crippen LogP) is 6.05. The van der Waals surface area contributed by atoms with Gasteiger partial charge in [0.15, 0.2) is 5.58 Å². The minimum absolute atomic E-state index is 0.321. The summed E-state index contributed by atoms with van der Waals surface area (Å²) in [6.45, 7) is 0. The zero-order valence-corrected chi connectivity index (χ0v) is 14.9. The van der Waals surface area contributed by atoms with Crippen LogP contribution in [0.1, 0.15) is 10.4 Å². The van der Waals surface area contributed by atoms with E-state index in [2.05, 4.69) is 10.3 Å². The van der Waals surface area contributed by atoms with Crippen LogP contribution in [0.3, 0.4) is 0 Å². The summed E-state index contributed by atoms with van der Waals surface area (Å²) in [5.41, 5.74) is 3.08. The lowest BCUT2D eigenvalue weighted by atomic mass is 10.1. The van der Waals surface area contributed by atoms with Crippen LogP contribution in [0, 0.1) is 0 Å². The zero-order chi connectivity index (χ0) is 18.1. The third-order valence-electron chi connectivity index (χ3n) is 3.82. The van der Waals surface area contributed by atoms with Gasteiger partial charge in [-0.2, -0.15) is 0 Å². The number of hydrogen-bond donors (Lipinski definition) is 1. The van der Waals surface area contributed by atoms with Crippen LogP contribution < -0.4 is 5.32 Å². The molecule has 0 bridgehead atoms. The summed E-state index contributed by atoms with van der Waals surface area (Å²) < 4.78 is 5.82. The van der Waals surface area contributed by atoms with Crippen molar-refractivity contribution in [1.29, 1.82) is 0 Å². The number of amides is 1. The molecule has 26 heavy (non-hydrogen) atoms. The van der Waals surface area contributed by atoms with E-state index in [0.29, 0.717) is 38.3 Å². The minimum Gasteiger partial charge on any atom is -0.436 e. The zero-order valence-electron chi connectivity index (χ0n) is 13.4. The Morgan fingerprint density at radius 3 is 2.38 bits per heavy atom. The number of anilines is 1. The normalized spacial score (nSPS) is 10.8. The summed E-state index contributed by atoms with van der Waals surface area (Å²) >= 11 is 12.0. The van der Waals surface area contributed by atoms with Gasteiger partial charge in [-0.15, -0.1) is 0 Å². The van der Waals surface area contributed by atoms with E-state index in [0.717, 1.165) is 5.52 Å². The summed E-state index contributed by atoms with van der Waals surface area (Å²) in [6.07, 6.45) is 0. The molecule has 0 unspecified atom stereocenters. The smallest absolute Gasteiger partial charge is 0.255 e. The molecule has 0 saturated carbocycles. The van der Waals surface area contributed by atoms with Crippen LogP contribution >= 0.6 is 23.2 Å². The molecule has 0 fully saturated rings. The van der Waals surface area contributed by atoms with Gasteiger partial charge in [-0.1, -0.05) is 47.5 Å². The van der Waals surface area contributed by atoms with Gasteiger partial charge in [0.2, 0.25) is 5.89 Å². The predicted molar refractivity (Wildman–Crippen MR) is 104 cm³/mol. The van der Waals surface area contributed by atoms with Crippen molar-refractivity contribution in [3.63, 3.8) is 0 Å². The van der Waals surface area contributed by atoms with Gasteiger partial charge in [0.05, 0.1) is 11.3 Å². The first-order valence-corrected chi connectivity index (χ1v) is 8.58. The molecule has 1 N–H and O–H groups in total. The SMILES string of the molecule is O=C(Nc1ccccc1-c1nc2ccccc2o1)c1cc(Cl)cc(Cl)c1. The molecular weight excluding hydrogens is 371 g/mol. The van der Waals surface area contributed by atoms with Gasteiger partial charge in [-0.05, 0) is 42.5 Å². The van der Waals surface area contributed by atoms with Crippen LogP contribution in [-0.4, -0.2) is 10.9 Å². The van der Waals surface area contributed by atoms with Crippen molar-refractivity contribution in [1.82, 2.24) is 4.98 Å². The Balaban J connectivity index is 1.70. The number of oxazole rings is 1. The van der Waals surface area contributed by atoms with Crippen LogP contribution in [0.4, 0.5) is 5.69 Å². The van der Waals surface area contributed by atoms with E-state index in [9.17, 15) is 4.79 Å². The van der Waals surface area contributed by atoms with E-state index >= 15 is 0 Å². The fourth-order valence-corrected chi connectivity index (χ4v) is 3.17. The summed E-state index contributed by atoms with van der Waals surface area (Å²) in [5.74, 6) is 0.115. The monoisotopic (exact) mass is 382 g/mol. The van der Waals surface area contributed by atoms with E-state index in [1.165, 1.54) is 0 Å². The number of nitrogens with zero attached hydrogens (tertiary/aromatic N) is 1. The van der Waals surface area contributed by atoms with Crippen LogP contribution in [-0.2, 0) is 0 Å². The molecule has 4 nitrogen and oxygen atoms in total. The van der Waals surface area contributed by atoms with Gasteiger partial charge in [0.1, 0.15) is 5.52 Å². The minimum atomic E-state index is -0.321. The molecule has 0 radical (unpaired) electrons. The summed E-state index contributed by atoms with van der Waals surface area (Å²) in [4.78, 5) is 17.1. The van der Waals surface area contributed by atoms with E-state index in [1.807, 2.05) is 42.5 Å². The quantitative estimate of drug-likeness (QED) is 0.468. The standard InChI is InChI=1S/C20H12Cl2N2O2/c21-13-9-12(10-14(22)11-13)19(25)23-16-6-2-1-5-15(16)20-24-17-7-3-4-8-18(17)26-20/h1-11H,(H,23,25). The Morgan fingerprint density at radius 2 is 1.62 bits per heavy atom. The molecule has 1 aromatic heterocycles. The molecule has 0 saturated heterocycles. The summed E-state index contributed by atoms with van der Waals surface area (Å²) in [7, 11) is 0. The third-order valence-corrected chi connectivity index (χ3v) is 4.26. The van der Waals surface area contributed by atoms with Crippen LogP contribution in [0.25, 0.3) is 22.6 Å². The Hall–Kier alpha value is -2.82. The molecule has 1 amide bonds. The van der Waals surface area contributed by atoms with Crippen molar-refractivity contribution in [2.75, 3.05) is 5.32 Å². The van der Waals surface area contributed by atoms with E-state index in [4.69, 9.17) is 27.6 Å². The lowest BCUT2D eigenvalue weighted by molar-refractivity contribution is 0.102. The van der Waals surface area contributed by atoms with Crippen LogP contribution in [0.2, 0.25) is 10.0 Å². The number of nitrogens with one attached hydrogen (secondary N) is 1. The summed E-state index contributed by atoms with van der Waals surface area (Å²) in [6, 6.07) is 19.5. The number of rotatable bonds is 3. The maximum absolute atomic E-state index is 12.6.